The molecule has 0 aliphatic carbocycles. The van der Waals surface area contributed by atoms with Crippen molar-refractivity contribution in [2.24, 2.45) is 0 Å². The van der Waals surface area contributed by atoms with E-state index < -0.39 is 0 Å². The largest absolute Gasteiger partial charge is 0.342 e. The molecule has 0 radical (unpaired) electrons. The van der Waals surface area contributed by atoms with Crippen LogP contribution in [0.5, 0.6) is 0 Å². The Balaban J connectivity index is 2.45. The summed E-state index contributed by atoms with van der Waals surface area (Å²) in [6, 6.07) is 0. The highest BCUT2D eigenvalue weighted by molar-refractivity contribution is 7.80. The molecule has 2 amide bonds. The summed E-state index contributed by atoms with van der Waals surface area (Å²) in [6.07, 6.45) is 0.417. The van der Waals surface area contributed by atoms with Crippen molar-refractivity contribution in [1.29, 1.82) is 0 Å². The molecule has 1 aliphatic heterocycles. The van der Waals surface area contributed by atoms with Gasteiger partial charge in [0.25, 0.3) is 0 Å². The lowest BCUT2D eigenvalue weighted by atomic mass is 10.3. The third-order valence-corrected chi connectivity index (χ3v) is 2.36. The van der Waals surface area contributed by atoms with Crippen LogP contribution in [0.3, 0.4) is 0 Å². The molecule has 1 aliphatic rings. The van der Waals surface area contributed by atoms with Gasteiger partial charge in [-0.1, -0.05) is 0 Å². The van der Waals surface area contributed by atoms with E-state index in [1.807, 2.05) is 0 Å². The summed E-state index contributed by atoms with van der Waals surface area (Å²) in [7, 11) is 1.75. The lowest BCUT2D eigenvalue weighted by Crippen LogP contribution is -2.50. The lowest BCUT2D eigenvalue weighted by Gasteiger charge is -2.31. The molecule has 0 aromatic heterocycles. The number of carbonyl (C=O) groups is 2. The van der Waals surface area contributed by atoms with Gasteiger partial charge in [0.05, 0.1) is 6.54 Å². The smallest absolute Gasteiger partial charge is 0.241 e. The van der Waals surface area contributed by atoms with E-state index in [9.17, 15) is 9.59 Å². The molecule has 0 atom stereocenters. The van der Waals surface area contributed by atoms with Gasteiger partial charge in [0.1, 0.15) is 0 Å². The Kier molecular flexibility index (Phi) is 3.59. The Labute approximate surface area is 83.3 Å². The maximum atomic E-state index is 11.4. The van der Waals surface area contributed by atoms with Gasteiger partial charge in [0.2, 0.25) is 11.8 Å². The lowest BCUT2D eigenvalue weighted by molar-refractivity contribution is -0.143. The van der Waals surface area contributed by atoms with Gasteiger partial charge in [-0.2, -0.15) is 12.6 Å². The van der Waals surface area contributed by atoms with Crippen molar-refractivity contribution < 1.29 is 9.59 Å². The second-order valence-electron chi connectivity index (χ2n) is 3.10. The number of piperazine rings is 1. The number of thiol groups is 1. The van der Waals surface area contributed by atoms with E-state index >= 15 is 0 Å². The normalized spacial score (nSPS) is 17.8. The van der Waals surface area contributed by atoms with Crippen LogP contribution in [0.4, 0.5) is 0 Å². The van der Waals surface area contributed by atoms with Crippen molar-refractivity contribution >= 4 is 24.4 Å². The van der Waals surface area contributed by atoms with Crippen molar-refractivity contribution in [3.63, 3.8) is 0 Å². The minimum Gasteiger partial charge on any atom is -0.342 e. The average molecular weight is 202 g/mol. The zero-order valence-electron chi connectivity index (χ0n) is 7.69. The van der Waals surface area contributed by atoms with Gasteiger partial charge in [-0.15, -0.1) is 0 Å². The summed E-state index contributed by atoms with van der Waals surface area (Å²) in [6.45, 7) is 1.51. The number of hydrogen-bond donors (Lipinski definition) is 1. The summed E-state index contributed by atoms with van der Waals surface area (Å²) < 4.78 is 0. The second-order valence-corrected chi connectivity index (χ2v) is 3.55. The summed E-state index contributed by atoms with van der Waals surface area (Å²) >= 11 is 3.98. The molecule has 4 nitrogen and oxygen atoms in total. The van der Waals surface area contributed by atoms with Crippen LogP contribution in [0.25, 0.3) is 0 Å². The highest BCUT2D eigenvalue weighted by atomic mass is 32.1. The minimum atomic E-state index is 0.0127. The molecule has 1 heterocycles. The standard InChI is InChI=1S/C8H14N2O2S/c1-9-3-4-10(6-8(9)12)7(11)2-5-13/h13H,2-6H2,1H3. The van der Waals surface area contributed by atoms with Crippen molar-refractivity contribution in [3.8, 4) is 0 Å². The summed E-state index contributed by atoms with van der Waals surface area (Å²) in [5.41, 5.74) is 0. The van der Waals surface area contributed by atoms with Gasteiger partial charge >= 0.3 is 0 Å². The van der Waals surface area contributed by atoms with Crippen molar-refractivity contribution in [2.45, 2.75) is 6.42 Å². The van der Waals surface area contributed by atoms with Gasteiger partial charge in [-0.3, -0.25) is 9.59 Å². The molecule has 1 saturated heterocycles. The number of hydrogen-bond acceptors (Lipinski definition) is 3. The van der Waals surface area contributed by atoms with E-state index in [0.29, 0.717) is 25.3 Å². The van der Waals surface area contributed by atoms with Gasteiger partial charge in [-0.25, -0.2) is 0 Å². The van der Waals surface area contributed by atoms with Crippen LogP contribution in [0.2, 0.25) is 0 Å². The van der Waals surface area contributed by atoms with Crippen LogP contribution >= 0.6 is 12.6 Å². The third kappa shape index (κ3) is 2.62. The monoisotopic (exact) mass is 202 g/mol. The highest BCUT2D eigenvalue weighted by Gasteiger charge is 2.23. The van der Waals surface area contributed by atoms with E-state index in [1.165, 1.54) is 0 Å². The van der Waals surface area contributed by atoms with Gasteiger partial charge in [0.15, 0.2) is 0 Å². The Morgan fingerprint density at radius 1 is 1.54 bits per heavy atom. The molecular formula is C8H14N2O2S. The molecule has 1 rings (SSSR count). The van der Waals surface area contributed by atoms with Gasteiger partial charge < -0.3 is 9.80 Å². The van der Waals surface area contributed by atoms with Gasteiger partial charge in [-0.05, 0) is 5.75 Å². The Morgan fingerprint density at radius 3 is 2.77 bits per heavy atom. The molecule has 13 heavy (non-hydrogen) atoms. The molecule has 0 aromatic rings. The molecule has 0 saturated carbocycles. The maximum Gasteiger partial charge on any atom is 0.241 e. The average Bonchev–Trinajstić information content (AvgIpc) is 2.10. The van der Waals surface area contributed by atoms with E-state index in [1.54, 1.807) is 16.8 Å². The van der Waals surface area contributed by atoms with Crippen LogP contribution in [-0.2, 0) is 9.59 Å². The first-order valence-electron chi connectivity index (χ1n) is 4.27. The van der Waals surface area contributed by atoms with E-state index in [0.717, 1.165) is 0 Å². The molecular weight excluding hydrogens is 188 g/mol. The first kappa shape index (κ1) is 10.4. The molecule has 74 valence electrons. The van der Waals surface area contributed by atoms with Crippen molar-refractivity contribution in [3.05, 3.63) is 0 Å². The molecule has 0 bridgehead atoms. The number of carbonyl (C=O) groups excluding carboxylic acids is 2. The van der Waals surface area contributed by atoms with E-state index in [4.69, 9.17) is 0 Å². The quantitative estimate of drug-likeness (QED) is 0.619. The Bertz CT molecular complexity index is 220. The van der Waals surface area contributed by atoms with Crippen LogP contribution in [0, 0.1) is 0 Å². The van der Waals surface area contributed by atoms with Crippen molar-refractivity contribution in [2.75, 3.05) is 32.4 Å². The zero-order valence-corrected chi connectivity index (χ0v) is 8.59. The van der Waals surface area contributed by atoms with Crippen LogP contribution in [-0.4, -0.2) is 54.0 Å². The Hall–Kier alpha value is -0.710. The number of likely N-dealkylation sites (N-methyl/N-ethyl adjacent to an activating group) is 1. The number of rotatable bonds is 2. The van der Waals surface area contributed by atoms with Crippen LogP contribution < -0.4 is 0 Å². The third-order valence-electron chi connectivity index (χ3n) is 2.14. The molecule has 5 heteroatoms. The van der Waals surface area contributed by atoms with E-state index in [2.05, 4.69) is 12.6 Å². The molecule has 0 spiro atoms. The first-order valence-corrected chi connectivity index (χ1v) is 4.91. The fourth-order valence-corrected chi connectivity index (χ4v) is 1.42. The molecule has 0 N–H and O–H groups in total. The minimum absolute atomic E-state index is 0.0127. The number of amides is 2. The zero-order chi connectivity index (χ0) is 9.84. The van der Waals surface area contributed by atoms with Gasteiger partial charge in [0, 0.05) is 26.6 Å². The summed E-state index contributed by atoms with van der Waals surface area (Å²) in [5, 5.41) is 0. The van der Waals surface area contributed by atoms with E-state index in [-0.39, 0.29) is 18.4 Å². The maximum absolute atomic E-state index is 11.4. The SMILES string of the molecule is CN1CCN(C(=O)CCS)CC1=O. The Morgan fingerprint density at radius 2 is 2.23 bits per heavy atom. The molecule has 0 unspecified atom stereocenters. The second kappa shape index (κ2) is 4.50. The summed E-state index contributed by atoms with van der Waals surface area (Å²) in [4.78, 5) is 25.8. The topological polar surface area (TPSA) is 40.6 Å². The van der Waals surface area contributed by atoms with Crippen LogP contribution in [0.1, 0.15) is 6.42 Å². The first-order chi connectivity index (χ1) is 6.15. The highest BCUT2D eigenvalue weighted by Crippen LogP contribution is 2.03. The molecule has 1 fully saturated rings. The predicted molar refractivity (Wildman–Crippen MR) is 52.7 cm³/mol. The molecule has 0 aromatic carbocycles. The fraction of sp³-hybridized carbons (Fsp3) is 0.750. The fourth-order valence-electron chi connectivity index (χ4n) is 1.23. The van der Waals surface area contributed by atoms with Crippen LogP contribution in [0.15, 0.2) is 0 Å². The number of nitrogens with zero attached hydrogens (tertiary/aromatic N) is 2. The predicted octanol–water partition coefficient (Wildman–Crippen LogP) is -0.393. The summed E-state index contributed by atoms with van der Waals surface area (Å²) in [5.74, 6) is 0.578. The van der Waals surface area contributed by atoms with Crippen molar-refractivity contribution in [1.82, 2.24) is 9.80 Å².